The van der Waals surface area contributed by atoms with Crippen molar-refractivity contribution in [3.05, 3.63) is 35.4 Å². The second-order valence-electron chi connectivity index (χ2n) is 4.46. The van der Waals surface area contributed by atoms with E-state index in [1.165, 1.54) is 12.1 Å². The fourth-order valence-corrected chi connectivity index (χ4v) is 2.11. The van der Waals surface area contributed by atoms with E-state index in [-0.39, 0.29) is 18.1 Å². The number of halogens is 3. The highest BCUT2D eigenvalue weighted by atomic mass is 19.4. The highest BCUT2D eigenvalue weighted by Gasteiger charge is 2.34. The van der Waals surface area contributed by atoms with Crippen LogP contribution in [0.15, 0.2) is 24.3 Å². The maximum Gasteiger partial charge on any atom is 0.416 e. The van der Waals surface area contributed by atoms with Gasteiger partial charge in [-0.05, 0) is 24.6 Å². The van der Waals surface area contributed by atoms with Crippen molar-refractivity contribution in [2.75, 3.05) is 13.2 Å². The summed E-state index contributed by atoms with van der Waals surface area (Å²) in [7, 11) is 0. The van der Waals surface area contributed by atoms with Crippen LogP contribution in [-0.2, 0) is 22.1 Å². The zero-order chi connectivity index (χ0) is 13.9. The highest BCUT2D eigenvalue weighted by molar-refractivity contribution is 5.30. The summed E-state index contributed by atoms with van der Waals surface area (Å²) in [6, 6.07) is 5.48. The average molecular weight is 275 g/mol. The van der Waals surface area contributed by atoms with E-state index in [0.29, 0.717) is 19.6 Å². The van der Waals surface area contributed by atoms with E-state index in [1.54, 1.807) is 6.07 Å². The summed E-state index contributed by atoms with van der Waals surface area (Å²) in [5.41, 5.74) is 4.96. The standard InChI is InChI=1S/C13H16F3NO2/c14-13(15,16)11-4-2-1-3-9(11)7-12-18-8-10(19-12)5-6-17/h1-4,10,12H,5-8,17H2. The van der Waals surface area contributed by atoms with Crippen LogP contribution in [0.4, 0.5) is 13.2 Å². The number of nitrogens with two attached hydrogens (primary N) is 1. The van der Waals surface area contributed by atoms with Crippen molar-refractivity contribution in [1.82, 2.24) is 0 Å². The van der Waals surface area contributed by atoms with Crippen molar-refractivity contribution in [2.45, 2.75) is 31.4 Å². The molecular formula is C13H16F3NO2. The molecule has 106 valence electrons. The van der Waals surface area contributed by atoms with Gasteiger partial charge in [0, 0.05) is 6.42 Å². The third-order valence-electron chi connectivity index (χ3n) is 3.01. The first-order valence-electron chi connectivity index (χ1n) is 6.13. The zero-order valence-electron chi connectivity index (χ0n) is 10.3. The van der Waals surface area contributed by atoms with Crippen molar-refractivity contribution in [3.63, 3.8) is 0 Å². The topological polar surface area (TPSA) is 44.5 Å². The predicted molar refractivity (Wildman–Crippen MR) is 63.4 cm³/mol. The van der Waals surface area contributed by atoms with Crippen LogP contribution in [0.1, 0.15) is 17.5 Å². The fourth-order valence-electron chi connectivity index (χ4n) is 2.11. The molecule has 3 nitrogen and oxygen atoms in total. The minimum absolute atomic E-state index is 0.0940. The summed E-state index contributed by atoms with van der Waals surface area (Å²) in [6.45, 7) is 0.857. The Bertz CT molecular complexity index is 423. The molecule has 1 aliphatic heterocycles. The molecule has 0 aromatic heterocycles. The van der Waals surface area contributed by atoms with E-state index in [4.69, 9.17) is 15.2 Å². The predicted octanol–water partition coefficient (Wildman–Crippen LogP) is 2.34. The van der Waals surface area contributed by atoms with Crippen LogP contribution in [0.3, 0.4) is 0 Å². The molecule has 0 aliphatic carbocycles. The molecule has 6 heteroatoms. The zero-order valence-corrected chi connectivity index (χ0v) is 10.3. The molecule has 2 rings (SSSR count). The Morgan fingerprint density at radius 1 is 1.26 bits per heavy atom. The summed E-state index contributed by atoms with van der Waals surface area (Å²) < 4.78 is 49.3. The van der Waals surface area contributed by atoms with Crippen LogP contribution < -0.4 is 5.73 Å². The van der Waals surface area contributed by atoms with E-state index in [9.17, 15) is 13.2 Å². The molecule has 2 N–H and O–H groups in total. The molecule has 1 saturated heterocycles. The lowest BCUT2D eigenvalue weighted by Gasteiger charge is -2.15. The van der Waals surface area contributed by atoms with Gasteiger partial charge in [-0.25, -0.2) is 0 Å². The van der Waals surface area contributed by atoms with Gasteiger partial charge in [-0.1, -0.05) is 18.2 Å². The fraction of sp³-hybridized carbons (Fsp3) is 0.538. The van der Waals surface area contributed by atoms with Gasteiger partial charge < -0.3 is 15.2 Å². The van der Waals surface area contributed by atoms with Gasteiger partial charge >= 0.3 is 6.18 Å². The van der Waals surface area contributed by atoms with Gasteiger partial charge in [-0.15, -0.1) is 0 Å². The summed E-state index contributed by atoms with van der Waals surface area (Å²) in [5.74, 6) is 0. The minimum atomic E-state index is -4.36. The van der Waals surface area contributed by atoms with Crippen LogP contribution in [0.2, 0.25) is 0 Å². The minimum Gasteiger partial charge on any atom is -0.350 e. The number of hydrogen-bond donors (Lipinski definition) is 1. The van der Waals surface area contributed by atoms with Crippen molar-refractivity contribution in [1.29, 1.82) is 0 Å². The number of rotatable bonds is 4. The summed E-state index contributed by atoms with van der Waals surface area (Å²) >= 11 is 0. The summed E-state index contributed by atoms with van der Waals surface area (Å²) in [6.07, 6.45) is -4.35. The van der Waals surface area contributed by atoms with Gasteiger partial charge in [0.1, 0.15) is 0 Å². The Balaban J connectivity index is 2.04. The molecule has 1 fully saturated rings. The molecule has 0 spiro atoms. The lowest BCUT2D eigenvalue weighted by atomic mass is 10.0. The van der Waals surface area contributed by atoms with Crippen LogP contribution in [0.25, 0.3) is 0 Å². The second kappa shape index (κ2) is 5.90. The third kappa shape index (κ3) is 3.68. The molecule has 1 aromatic carbocycles. The maximum absolute atomic E-state index is 12.8. The molecule has 19 heavy (non-hydrogen) atoms. The van der Waals surface area contributed by atoms with Crippen molar-refractivity contribution < 1.29 is 22.6 Å². The van der Waals surface area contributed by atoms with E-state index in [0.717, 1.165) is 6.07 Å². The first-order chi connectivity index (χ1) is 9.00. The smallest absolute Gasteiger partial charge is 0.350 e. The van der Waals surface area contributed by atoms with Crippen LogP contribution in [-0.4, -0.2) is 25.5 Å². The Hall–Kier alpha value is -1.11. The van der Waals surface area contributed by atoms with Crippen LogP contribution in [0, 0.1) is 0 Å². The van der Waals surface area contributed by atoms with E-state index >= 15 is 0 Å². The quantitative estimate of drug-likeness (QED) is 0.917. The van der Waals surface area contributed by atoms with Gasteiger partial charge in [0.15, 0.2) is 6.29 Å². The molecule has 0 radical (unpaired) electrons. The summed E-state index contributed by atoms with van der Waals surface area (Å²) in [5, 5.41) is 0. The normalized spacial score (nSPS) is 23.8. The van der Waals surface area contributed by atoms with Gasteiger partial charge in [-0.2, -0.15) is 13.2 Å². The Kier molecular flexibility index (Phi) is 4.44. The number of alkyl halides is 3. The SMILES string of the molecule is NCCC1COC(Cc2ccccc2C(F)(F)F)O1. The number of ether oxygens (including phenoxy) is 2. The van der Waals surface area contributed by atoms with Gasteiger partial charge in [0.25, 0.3) is 0 Å². The Labute approximate surface area is 109 Å². The van der Waals surface area contributed by atoms with Gasteiger partial charge in [0.05, 0.1) is 18.3 Å². The molecule has 1 heterocycles. The van der Waals surface area contributed by atoms with E-state index < -0.39 is 18.0 Å². The molecule has 2 unspecified atom stereocenters. The Morgan fingerprint density at radius 2 is 2.00 bits per heavy atom. The average Bonchev–Trinajstić information content (AvgIpc) is 2.76. The van der Waals surface area contributed by atoms with Crippen LogP contribution in [0.5, 0.6) is 0 Å². The molecule has 1 aliphatic rings. The number of hydrogen-bond acceptors (Lipinski definition) is 3. The maximum atomic E-state index is 12.8. The lowest BCUT2D eigenvalue weighted by Crippen LogP contribution is -2.19. The first kappa shape index (κ1) is 14.3. The van der Waals surface area contributed by atoms with Gasteiger partial charge in [-0.3, -0.25) is 0 Å². The van der Waals surface area contributed by atoms with Gasteiger partial charge in [0.2, 0.25) is 0 Å². The Morgan fingerprint density at radius 3 is 2.68 bits per heavy atom. The molecule has 1 aromatic rings. The van der Waals surface area contributed by atoms with Crippen molar-refractivity contribution in [2.24, 2.45) is 5.73 Å². The summed E-state index contributed by atoms with van der Waals surface area (Å²) in [4.78, 5) is 0. The van der Waals surface area contributed by atoms with Crippen molar-refractivity contribution >= 4 is 0 Å². The first-order valence-corrected chi connectivity index (χ1v) is 6.13. The van der Waals surface area contributed by atoms with Crippen molar-refractivity contribution in [3.8, 4) is 0 Å². The van der Waals surface area contributed by atoms with E-state index in [2.05, 4.69) is 0 Å². The largest absolute Gasteiger partial charge is 0.416 e. The second-order valence-corrected chi connectivity index (χ2v) is 4.46. The number of benzene rings is 1. The monoisotopic (exact) mass is 275 g/mol. The van der Waals surface area contributed by atoms with Crippen LogP contribution >= 0.6 is 0 Å². The molecule has 0 saturated carbocycles. The third-order valence-corrected chi connectivity index (χ3v) is 3.01. The molecule has 0 amide bonds. The van der Waals surface area contributed by atoms with E-state index in [1.807, 2.05) is 0 Å². The molecule has 2 atom stereocenters. The highest BCUT2D eigenvalue weighted by Crippen LogP contribution is 2.33. The molecule has 0 bridgehead atoms. The molecular weight excluding hydrogens is 259 g/mol. The lowest BCUT2D eigenvalue weighted by molar-refractivity contribution is -0.138.